The molecule has 2 aromatic rings. The molecule has 36 heavy (non-hydrogen) atoms. The Balaban J connectivity index is 1.40. The zero-order valence-electron chi connectivity index (χ0n) is 19.3. The van der Waals surface area contributed by atoms with Gasteiger partial charge in [-0.1, -0.05) is 30.4 Å². The second-order valence-electron chi connectivity index (χ2n) is 7.93. The van der Waals surface area contributed by atoms with E-state index in [0.717, 1.165) is 0 Å². The third-order valence-electron chi connectivity index (χ3n) is 5.51. The van der Waals surface area contributed by atoms with Gasteiger partial charge in [-0.05, 0) is 42.3 Å². The molecule has 1 saturated heterocycles. The molecule has 1 N–H and O–H groups in total. The summed E-state index contributed by atoms with van der Waals surface area (Å²) in [6, 6.07) is 13.7. The Hall–Kier alpha value is -4.12. The van der Waals surface area contributed by atoms with Gasteiger partial charge in [0, 0.05) is 17.9 Å². The standard InChI is InChI=1S/C25H23N3O7S/c1-2-6-17-15-36-24-21(26-20(29)14-34-19-7-4-3-5-8-19)23(30)27(24)22(17)25(31)35-13-16-9-11-18(12-10-16)28(32)33/h2-12,21,24H,13-15H2,1H3,(H,26,29)/t21-,24+/m1/s1. The van der Waals surface area contributed by atoms with Crippen molar-refractivity contribution >= 4 is 35.2 Å². The number of nitro groups is 1. The smallest absolute Gasteiger partial charge is 0.355 e. The molecule has 2 heterocycles. The minimum atomic E-state index is -0.786. The summed E-state index contributed by atoms with van der Waals surface area (Å²) in [6.07, 6.45) is 3.52. The number of carbonyl (C=O) groups excluding carboxylic acids is 3. The molecule has 2 aliphatic heterocycles. The van der Waals surface area contributed by atoms with Crippen LogP contribution in [0.15, 0.2) is 78.0 Å². The van der Waals surface area contributed by atoms with Crippen LogP contribution >= 0.6 is 11.8 Å². The summed E-state index contributed by atoms with van der Waals surface area (Å²) in [5.41, 5.74) is 1.28. The van der Waals surface area contributed by atoms with E-state index in [4.69, 9.17) is 9.47 Å². The fraction of sp³-hybridized carbons (Fsp3) is 0.240. The van der Waals surface area contributed by atoms with E-state index in [2.05, 4.69) is 5.32 Å². The van der Waals surface area contributed by atoms with Crippen molar-refractivity contribution in [3.8, 4) is 5.75 Å². The van der Waals surface area contributed by atoms with Crippen molar-refractivity contribution in [3.05, 3.63) is 93.7 Å². The maximum absolute atomic E-state index is 13.0. The Labute approximate surface area is 211 Å². The number of carbonyl (C=O) groups is 3. The first-order chi connectivity index (χ1) is 17.4. The molecular weight excluding hydrogens is 486 g/mol. The summed E-state index contributed by atoms with van der Waals surface area (Å²) in [6.45, 7) is 1.45. The van der Waals surface area contributed by atoms with Crippen molar-refractivity contribution in [3.63, 3.8) is 0 Å². The van der Waals surface area contributed by atoms with Crippen LogP contribution in [0.4, 0.5) is 5.69 Å². The number of para-hydroxylation sites is 1. The molecule has 0 bridgehead atoms. The van der Waals surface area contributed by atoms with Gasteiger partial charge in [-0.2, -0.15) is 0 Å². The monoisotopic (exact) mass is 509 g/mol. The number of hydrogen-bond donors (Lipinski definition) is 1. The number of ether oxygens (including phenoxy) is 2. The van der Waals surface area contributed by atoms with Crippen LogP contribution in [0.5, 0.6) is 5.75 Å². The number of esters is 1. The lowest BCUT2D eigenvalue weighted by Gasteiger charge is -2.49. The Morgan fingerprint density at radius 1 is 1.19 bits per heavy atom. The minimum absolute atomic E-state index is 0.0660. The van der Waals surface area contributed by atoms with Gasteiger partial charge in [0.25, 0.3) is 17.5 Å². The van der Waals surface area contributed by atoms with Crippen LogP contribution in [0.1, 0.15) is 12.5 Å². The number of hydrogen-bond acceptors (Lipinski definition) is 8. The Bertz CT molecular complexity index is 1230. The van der Waals surface area contributed by atoms with Gasteiger partial charge < -0.3 is 14.8 Å². The summed E-state index contributed by atoms with van der Waals surface area (Å²) in [5, 5.41) is 13.1. The molecule has 11 heteroatoms. The second-order valence-corrected chi connectivity index (χ2v) is 9.04. The molecule has 0 aromatic heterocycles. The SMILES string of the molecule is CC=CC1=C(C(=O)OCc2ccc([N+](=O)[O-])cc2)N2C(=O)[C@@H](NC(=O)COc3ccccc3)[C@@H]2SC1. The maximum atomic E-state index is 13.0. The van der Waals surface area contributed by atoms with Gasteiger partial charge in [0.15, 0.2) is 6.61 Å². The predicted octanol–water partition coefficient (Wildman–Crippen LogP) is 2.95. The lowest BCUT2D eigenvalue weighted by molar-refractivity contribution is -0.384. The molecule has 0 saturated carbocycles. The molecular formula is C25H23N3O7S. The third-order valence-corrected chi connectivity index (χ3v) is 6.81. The van der Waals surface area contributed by atoms with Crippen LogP contribution < -0.4 is 10.1 Å². The zero-order chi connectivity index (χ0) is 25.7. The number of fused-ring (bicyclic) bond motifs is 1. The Morgan fingerprint density at radius 3 is 2.58 bits per heavy atom. The number of thioether (sulfide) groups is 1. The van der Waals surface area contributed by atoms with Crippen LogP contribution in [0, 0.1) is 10.1 Å². The number of β-lactam (4-membered cyclic amide) rings is 1. The van der Waals surface area contributed by atoms with E-state index in [1.165, 1.54) is 40.9 Å². The molecule has 2 amide bonds. The van der Waals surface area contributed by atoms with Crippen LogP contribution in [-0.2, 0) is 25.7 Å². The quantitative estimate of drug-likeness (QED) is 0.237. The first-order valence-corrected chi connectivity index (χ1v) is 12.1. The number of rotatable bonds is 9. The van der Waals surface area contributed by atoms with Gasteiger partial charge in [0.2, 0.25) is 0 Å². The molecule has 0 spiro atoms. The lowest BCUT2D eigenvalue weighted by Crippen LogP contribution is -2.70. The van der Waals surface area contributed by atoms with Crippen LogP contribution in [0.25, 0.3) is 0 Å². The fourth-order valence-electron chi connectivity index (χ4n) is 3.77. The Kier molecular flexibility index (Phi) is 7.69. The van der Waals surface area contributed by atoms with Crippen LogP contribution in [0.3, 0.4) is 0 Å². The molecule has 0 radical (unpaired) electrons. The summed E-state index contributed by atoms with van der Waals surface area (Å²) < 4.78 is 10.9. The van der Waals surface area contributed by atoms with Gasteiger partial charge in [0.1, 0.15) is 29.5 Å². The van der Waals surface area contributed by atoms with E-state index in [1.807, 2.05) is 6.07 Å². The number of amides is 2. The maximum Gasteiger partial charge on any atom is 0.355 e. The zero-order valence-corrected chi connectivity index (χ0v) is 20.1. The van der Waals surface area contributed by atoms with E-state index in [0.29, 0.717) is 22.6 Å². The molecule has 1 fully saturated rings. The summed E-state index contributed by atoms with van der Waals surface area (Å²) >= 11 is 1.44. The number of allylic oxidation sites excluding steroid dienone is 2. The van der Waals surface area contributed by atoms with E-state index < -0.39 is 34.1 Å². The van der Waals surface area contributed by atoms with Crippen molar-refractivity contribution < 1.29 is 28.8 Å². The molecule has 0 aliphatic carbocycles. The van der Waals surface area contributed by atoms with Crippen molar-refractivity contribution in [1.82, 2.24) is 10.2 Å². The topological polar surface area (TPSA) is 128 Å². The molecule has 10 nitrogen and oxygen atoms in total. The van der Waals surface area contributed by atoms with Gasteiger partial charge in [0.05, 0.1) is 4.92 Å². The van der Waals surface area contributed by atoms with Crippen molar-refractivity contribution in [2.75, 3.05) is 12.4 Å². The molecule has 186 valence electrons. The van der Waals surface area contributed by atoms with E-state index in [-0.39, 0.29) is 24.6 Å². The fourth-order valence-corrected chi connectivity index (χ4v) is 5.09. The molecule has 4 rings (SSSR count). The molecule has 0 unspecified atom stereocenters. The van der Waals surface area contributed by atoms with E-state index in [9.17, 15) is 24.5 Å². The highest BCUT2D eigenvalue weighted by Crippen LogP contribution is 2.41. The average Bonchev–Trinajstić information content (AvgIpc) is 2.89. The minimum Gasteiger partial charge on any atom is -0.484 e. The molecule has 2 atom stereocenters. The average molecular weight is 510 g/mol. The number of nitrogens with zero attached hydrogens (tertiary/aromatic N) is 2. The summed E-state index contributed by atoms with van der Waals surface area (Å²) in [5.74, 6) is -0.545. The second kappa shape index (κ2) is 11.1. The van der Waals surface area contributed by atoms with Gasteiger partial charge in [-0.15, -0.1) is 11.8 Å². The van der Waals surface area contributed by atoms with Gasteiger partial charge in [-0.3, -0.25) is 24.6 Å². The highest BCUT2D eigenvalue weighted by atomic mass is 32.2. The number of benzene rings is 2. The predicted molar refractivity (Wildman–Crippen MR) is 132 cm³/mol. The molecule has 2 aliphatic rings. The number of nitro benzene ring substituents is 1. The van der Waals surface area contributed by atoms with Crippen molar-refractivity contribution in [1.29, 1.82) is 0 Å². The molecule has 2 aromatic carbocycles. The highest BCUT2D eigenvalue weighted by Gasteiger charge is 2.54. The third kappa shape index (κ3) is 5.41. The number of non-ortho nitro benzene ring substituents is 1. The van der Waals surface area contributed by atoms with E-state index in [1.54, 1.807) is 43.3 Å². The van der Waals surface area contributed by atoms with Crippen LogP contribution in [0.2, 0.25) is 0 Å². The normalized spacial score (nSPS) is 18.9. The van der Waals surface area contributed by atoms with Gasteiger partial charge in [-0.25, -0.2) is 4.79 Å². The number of nitrogens with one attached hydrogen (secondary N) is 1. The summed E-state index contributed by atoms with van der Waals surface area (Å²) in [7, 11) is 0. The van der Waals surface area contributed by atoms with Crippen molar-refractivity contribution in [2.24, 2.45) is 0 Å². The van der Waals surface area contributed by atoms with Gasteiger partial charge >= 0.3 is 5.97 Å². The lowest BCUT2D eigenvalue weighted by atomic mass is 10.0. The van der Waals surface area contributed by atoms with Crippen LogP contribution in [-0.4, -0.2) is 51.4 Å². The van der Waals surface area contributed by atoms with E-state index >= 15 is 0 Å². The Morgan fingerprint density at radius 2 is 1.92 bits per heavy atom. The highest BCUT2D eigenvalue weighted by molar-refractivity contribution is 8.00. The van der Waals surface area contributed by atoms with Crippen molar-refractivity contribution in [2.45, 2.75) is 24.9 Å². The first kappa shape index (κ1) is 25.0. The summed E-state index contributed by atoms with van der Waals surface area (Å²) in [4.78, 5) is 50.0. The first-order valence-electron chi connectivity index (χ1n) is 11.1. The largest absolute Gasteiger partial charge is 0.484 e.